The normalized spacial score (nSPS) is 10.8. The number of hydrogen-bond acceptors (Lipinski definition) is 7. The second-order valence-corrected chi connectivity index (χ2v) is 5.95. The molecule has 0 aliphatic rings. The van der Waals surface area contributed by atoms with Gasteiger partial charge in [-0.2, -0.15) is 0 Å². The molecule has 0 saturated heterocycles. The number of esters is 1. The molecule has 0 bridgehead atoms. The van der Waals surface area contributed by atoms with E-state index in [-0.39, 0.29) is 12.5 Å². The quantitative estimate of drug-likeness (QED) is 0.434. The topological polar surface area (TPSA) is 83.7 Å². The Bertz CT molecular complexity index is 986. The van der Waals surface area contributed by atoms with E-state index in [2.05, 4.69) is 10.2 Å². The third-order valence-corrected chi connectivity index (χ3v) is 3.97. The minimum absolute atomic E-state index is 0.129. The van der Waals surface area contributed by atoms with Crippen LogP contribution in [-0.4, -0.2) is 30.4 Å². The summed E-state index contributed by atoms with van der Waals surface area (Å²) >= 11 is 6.14. The van der Waals surface area contributed by atoms with Gasteiger partial charge in [-0.1, -0.05) is 29.8 Å². The summed E-state index contributed by atoms with van der Waals surface area (Å²) in [5, 5.41) is 8.18. The predicted molar refractivity (Wildman–Crippen MR) is 103 cm³/mol. The minimum Gasteiger partial charge on any atom is -0.493 e. The summed E-state index contributed by atoms with van der Waals surface area (Å²) in [7, 11) is 3.00. The van der Waals surface area contributed by atoms with Crippen molar-refractivity contribution in [2.75, 3.05) is 14.2 Å². The van der Waals surface area contributed by atoms with E-state index >= 15 is 0 Å². The first kappa shape index (κ1) is 19.4. The average molecular weight is 401 g/mol. The average Bonchev–Trinajstić information content (AvgIpc) is 3.20. The highest BCUT2D eigenvalue weighted by atomic mass is 35.5. The zero-order chi connectivity index (χ0) is 19.9. The standard InChI is InChI=1S/C20H17ClN2O5/c1-25-16-11-13(10-15(21)19(16)26-2)8-9-18(24)27-12-17-22-23-20(28-17)14-6-4-3-5-7-14/h3-11H,12H2,1-2H3/b9-8+. The Morgan fingerprint density at radius 1 is 1.14 bits per heavy atom. The fourth-order valence-corrected chi connectivity index (χ4v) is 2.68. The maximum atomic E-state index is 11.9. The van der Waals surface area contributed by atoms with Crippen LogP contribution < -0.4 is 9.47 Å². The number of halogens is 1. The van der Waals surface area contributed by atoms with Crippen LogP contribution in [0, 0.1) is 0 Å². The highest BCUT2D eigenvalue weighted by Crippen LogP contribution is 2.36. The summed E-state index contributed by atoms with van der Waals surface area (Å²) in [5.74, 6) is 0.888. The van der Waals surface area contributed by atoms with E-state index in [0.717, 1.165) is 5.56 Å². The fraction of sp³-hybridized carbons (Fsp3) is 0.150. The summed E-state index contributed by atoms with van der Waals surface area (Å²) in [6.07, 6.45) is 2.82. The van der Waals surface area contributed by atoms with Crippen LogP contribution in [0.25, 0.3) is 17.5 Å². The molecule has 0 aliphatic heterocycles. The fourth-order valence-electron chi connectivity index (χ4n) is 2.39. The van der Waals surface area contributed by atoms with Crippen molar-refractivity contribution in [2.45, 2.75) is 6.61 Å². The van der Waals surface area contributed by atoms with Gasteiger partial charge in [-0.3, -0.25) is 0 Å². The molecule has 0 amide bonds. The maximum absolute atomic E-state index is 11.9. The first-order valence-electron chi connectivity index (χ1n) is 8.25. The lowest BCUT2D eigenvalue weighted by molar-refractivity contribution is -0.139. The number of ether oxygens (including phenoxy) is 3. The van der Waals surface area contributed by atoms with Crippen molar-refractivity contribution in [2.24, 2.45) is 0 Å². The highest BCUT2D eigenvalue weighted by Gasteiger charge is 2.11. The molecule has 0 N–H and O–H groups in total. The summed E-state index contributed by atoms with van der Waals surface area (Å²) in [5.41, 5.74) is 1.45. The molecule has 0 aliphatic carbocycles. The molecule has 1 aromatic heterocycles. The van der Waals surface area contributed by atoms with Gasteiger partial charge in [0, 0.05) is 11.6 Å². The molecule has 2 aromatic carbocycles. The van der Waals surface area contributed by atoms with E-state index in [1.165, 1.54) is 20.3 Å². The molecular weight excluding hydrogens is 384 g/mol. The van der Waals surface area contributed by atoms with Crippen LogP contribution in [0.2, 0.25) is 5.02 Å². The van der Waals surface area contributed by atoms with Crippen LogP contribution in [-0.2, 0) is 16.1 Å². The molecule has 28 heavy (non-hydrogen) atoms. The number of carbonyl (C=O) groups excluding carboxylic acids is 1. The zero-order valence-corrected chi connectivity index (χ0v) is 16.0. The summed E-state index contributed by atoms with van der Waals surface area (Å²) < 4.78 is 21.0. The van der Waals surface area contributed by atoms with Gasteiger partial charge in [0.05, 0.1) is 19.2 Å². The van der Waals surface area contributed by atoms with Gasteiger partial charge in [-0.05, 0) is 35.9 Å². The third-order valence-electron chi connectivity index (χ3n) is 3.69. The monoisotopic (exact) mass is 400 g/mol. The Morgan fingerprint density at radius 3 is 2.64 bits per heavy atom. The summed E-state index contributed by atoms with van der Waals surface area (Å²) in [4.78, 5) is 11.9. The van der Waals surface area contributed by atoms with E-state index < -0.39 is 5.97 Å². The van der Waals surface area contributed by atoms with Gasteiger partial charge < -0.3 is 18.6 Å². The molecule has 0 unspecified atom stereocenters. The molecule has 0 saturated carbocycles. The molecule has 0 radical (unpaired) electrons. The van der Waals surface area contributed by atoms with Gasteiger partial charge in [0.1, 0.15) is 0 Å². The number of aromatic nitrogens is 2. The van der Waals surface area contributed by atoms with Crippen LogP contribution in [0.4, 0.5) is 0 Å². The van der Waals surface area contributed by atoms with Crippen molar-refractivity contribution in [3.05, 3.63) is 65.0 Å². The van der Waals surface area contributed by atoms with E-state index in [9.17, 15) is 4.79 Å². The van der Waals surface area contributed by atoms with Crippen molar-refractivity contribution in [3.8, 4) is 23.0 Å². The summed E-state index contributed by atoms with van der Waals surface area (Å²) in [6, 6.07) is 12.7. The second-order valence-electron chi connectivity index (χ2n) is 5.55. The lowest BCUT2D eigenvalue weighted by Gasteiger charge is -2.10. The Morgan fingerprint density at radius 2 is 1.93 bits per heavy atom. The van der Waals surface area contributed by atoms with Crippen molar-refractivity contribution >= 4 is 23.6 Å². The van der Waals surface area contributed by atoms with Gasteiger partial charge in [0.15, 0.2) is 18.1 Å². The van der Waals surface area contributed by atoms with Gasteiger partial charge in [-0.25, -0.2) is 4.79 Å². The van der Waals surface area contributed by atoms with Gasteiger partial charge in [0.2, 0.25) is 5.89 Å². The van der Waals surface area contributed by atoms with E-state index in [1.54, 1.807) is 18.2 Å². The molecule has 3 aromatic rings. The number of rotatable bonds is 7. The number of nitrogens with zero attached hydrogens (tertiary/aromatic N) is 2. The van der Waals surface area contributed by atoms with Crippen LogP contribution in [0.3, 0.4) is 0 Å². The highest BCUT2D eigenvalue weighted by molar-refractivity contribution is 6.32. The molecule has 3 rings (SSSR count). The van der Waals surface area contributed by atoms with Crippen LogP contribution in [0.1, 0.15) is 11.5 Å². The van der Waals surface area contributed by atoms with Crippen LogP contribution in [0.15, 0.2) is 53.0 Å². The molecule has 8 heteroatoms. The molecule has 144 valence electrons. The lowest BCUT2D eigenvalue weighted by atomic mass is 10.2. The Labute approximate surface area is 166 Å². The number of hydrogen-bond donors (Lipinski definition) is 0. The minimum atomic E-state index is -0.564. The van der Waals surface area contributed by atoms with E-state index in [0.29, 0.717) is 28.0 Å². The first-order chi connectivity index (χ1) is 13.6. The van der Waals surface area contributed by atoms with Gasteiger partial charge in [-0.15, -0.1) is 10.2 Å². The molecule has 0 fully saturated rings. The Kier molecular flexibility index (Phi) is 6.29. The second kappa shape index (κ2) is 9.05. The van der Waals surface area contributed by atoms with E-state index in [1.807, 2.05) is 30.3 Å². The largest absolute Gasteiger partial charge is 0.493 e. The zero-order valence-electron chi connectivity index (χ0n) is 15.2. The molecule has 7 nitrogen and oxygen atoms in total. The number of carbonyl (C=O) groups is 1. The first-order valence-corrected chi connectivity index (χ1v) is 8.62. The van der Waals surface area contributed by atoms with Gasteiger partial charge in [0.25, 0.3) is 5.89 Å². The van der Waals surface area contributed by atoms with Crippen molar-refractivity contribution in [1.82, 2.24) is 10.2 Å². The maximum Gasteiger partial charge on any atom is 0.331 e. The number of methoxy groups -OCH3 is 2. The smallest absolute Gasteiger partial charge is 0.331 e. The predicted octanol–water partition coefficient (Wildman–Crippen LogP) is 4.16. The SMILES string of the molecule is COc1cc(/C=C/C(=O)OCc2nnc(-c3ccccc3)o2)cc(Cl)c1OC. The lowest BCUT2D eigenvalue weighted by Crippen LogP contribution is -2.01. The van der Waals surface area contributed by atoms with Crippen molar-refractivity contribution in [1.29, 1.82) is 0 Å². The van der Waals surface area contributed by atoms with Gasteiger partial charge >= 0.3 is 5.97 Å². The molecule has 0 atom stereocenters. The molecule has 1 heterocycles. The third kappa shape index (κ3) is 4.69. The molecular formula is C20H17ClN2O5. The Hall–Kier alpha value is -3.32. The van der Waals surface area contributed by atoms with Crippen LogP contribution in [0.5, 0.6) is 11.5 Å². The van der Waals surface area contributed by atoms with Crippen molar-refractivity contribution in [3.63, 3.8) is 0 Å². The van der Waals surface area contributed by atoms with Crippen LogP contribution >= 0.6 is 11.6 Å². The van der Waals surface area contributed by atoms with Crippen molar-refractivity contribution < 1.29 is 23.4 Å². The summed E-state index contributed by atoms with van der Waals surface area (Å²) in [6.45, 7) is -0.129. The number of benzene rings is 2. The molecule has 0 spiro atoms. The van der Waals surface area contributed by atoms with E-state index in [4.69, 9.17) is 30.2 Å². The Balaban J connectivity index is 1.60.